The molecule has 2 bridgehead atoms. The predicted octanol–water partition coefficient (Wildman–Crippen LogP) is 6.84. The third-order valence-electron chi connectivity index (χ3n) is 10.9. The lowest BCUT2D eigenvalue weighted by Crippen LogP contribution is -2.62. The number of hydrogen-bond acceptors (Lipinski definition) is 8. The lowest BCUT2D eigenvalue weighted by molar-refractivity contribution is -0.148. The number of aryl methyl sites for hydroxylation is 2. The van der Waals surface area contributed by atoms with Crippen LogP contribution in [-0.2, 0) is 20.9 Å². The molecular weight excluding hydrogens is 722 g/mol. The normalized spacial score (nSPS) is 18.1. The molecule has 11 nitrogen and oxygen atoms in total. The number of carbonyl (C=O) groups excluding carboxylic acids is 2. The van der Waals surface area contributed by atoms with Crippen LogP contribution in [0.25, 0.3) is 5.57 Å². The first kappa shape index (κ1) is 39.9. The van der Waals surface area contributed by atoms with E-state index in [1.807, 2.05) is 73.3 Å². The maximum absolute atomic E-state index is 15.0. The minimum Gasteiger partial charge on any atom is -0.497 e. The fraction of sp³-hybridized carbons (Fsp3) is 0.465. The van der Waals surface area contributed by atoms with Crippen molar-refractivity contribution in [2.45, 2.75) is 84.5 Å². The highest BCUT2D eigenvalue weighted by atomic mass is 35.5. The SMILES string of the molecule is COc1cc(CN(C(=O)C2=C(c3ccc(OCCOc4cc(C)c(C)cc4Cl)cc3)C[C@@H]3CN(C(=O)CCC(C)(C)C(=O)O)C[C@H]2N3)C2CC2)cc(OC)c1. The molecule has 2 N–H and O–H groups in total. The quantitative estimate of drug-likeness (QED) is 0.151. The number of halogens is 1. The molecule has 3 aromatic carbocycles. The van der Waals surface area contributed by atoms with Crippen LogP contribution >= 0.6 is 11.6 Å². The lowest BCUT2D eigenvalue weighted by atomic mass is 9.82. The molecule has 2 amide bonds. The number of nitrogens with zero attached hydrogens (tertiary/aromatic N) is 2. The molecule has 12 heteroatoms. The van der Waals surface area contributed by atoms with Crippen molar-refractivity contribution >= 4 is 35.0 Å². The Morgan fingerprint density at radius 1 is 0.909 bits per heavy atom. The van der Waals surface area contributed by atoms with E-state index in [0.717, 1.165) is 40.7 Å². The second-order valence-electron chi connectivity index (χ2n) is 15.5. The zero-order valence-corrected chi connectivity index (χ0v) is 33.3. The number of aliphatic carboxylic acids is 1. The van der Waals surface area contributed by atoms with E-state index >= 15 is 0 Å². The van der Waals surface area contributed by atoms with Crippen molar-refractivity contribution < 1.29 is 38.4 Å². The number of ether oxygens (including phenoxy) is 4. The van der Waals surface area contributed by atoms with Gasteiger partial charge >= 0.3 is 5.97 Å². The van der Waals surface area contributed by atoms with Crippen molar-refractivity contribution in [3.05, 3.63) is 87.4 Å². The smallest absolute Gasteiger partial charge is 0.309 e. The zero-order chi connectivity index (χ0) is 39.4. The Balaban J connectivity index is 1.25. The standard InChI is InChI=1S/C43H52ClN3O8/c1-26-17-36(44)38(18-27(26)2)55-16-15-54-32-11-7-29(8-12-32)35-21-30-24-46(39(48)13-14-43(3,4)42(50)51)25-37(45-30)40(35)41(49)47(31-9-10-31)23-28-19-33(52-5)22-34(20-28)53-6/h7-8,11-12,17-20,22,30-31,37,45H,9-10,13-16,21,23-25H2,1-6H3,(H,50,51)/t30-,37-/m1/s1. The Morgan fingerprint density at radius 3 is 2.20 bits per heavy atom. The molecule has 6 rings (SSSR count). The summed E-state index contributed by atoms with van der Waals surface area (Å²) in [5, 5.41) is 13.8. The zero-order valence-electron chi connectivity index (χ0n) is 32.6. The van der Waals surface area contributed by atoms with E-state index in [1.165, 1.54) is 0 Å². The minimum atomic E-state index is -1.02. The van der Waals surface area contributed by atoms with Crippen LogP contribution in [0, 0.1) is 19.3 Å². The van der Waals surface area contributed by atoms with Gasteiger partial charge in [-0.15, -0.1) is 0 Å². The van der Waals surface area contributed by atoms with Crippen LogP contribution in [0.1, 0.15) is 68.2 Å². The van der Waals surface area contributed by atoms with E-state index < -0.39 is 17.4 Å². The van der Waals surface area contributed by atoms with Crippen LogP contribution < -0.4 is 24.3 Å². The first-order chi connectivity index (χ1) is 26.3. The van der Waals surface area contributed by atoms with Crippen LogP contribution in [0.3, 0.4) is 0 Å². The van der Waals surface area contributed by atoms with Crippen LogP contribution in [0.5, 0.6) is 23.0 Å². The molecular formula is C43H52ClN3O8. The van der Waals surface area contributed by atoms with E-state index in [1.54, 1.807) is 33.0 Å². The van der Waals surface area contributed by atoms with Gasteiger partial charge < -0.3 is 39.2 Å². The van der Waals surface area contributed by atoms with Gasteiger partial charge in [0.25, 0.3) is 5.91 Å². The number of methoxy groups -OCH3 is 2. The van der Waals surface area contributed by atoms with Gasteiger partial charge in [0.15, 0.2) is 0 Å². The van der Waals surface area contributed by atoms with Crippen molar-refractivity contribution in [2.75, 3.05) is 40.5 Å². The number of hydrogen-bond donors (Lipinski definition) is 2. The molecule has 0 aromatic heterocycles. The number of carboxylic acid groups (broad SMARTS) is 1. The number of nitrogens with one attached hydrogen (secondary N) is 1. The van der Waals surface area contributed by atoms with Gasteiger partial charge in [0.2, 0.25) is 5.91 Å². The third kappa shape index (κ3) is 9.56. The first-order valence-electron chi connectivity index (χ1n) is 18.9. The average molecular weight is 774 g/mol. The third-order valence-corrected chi connectivity index (χ3v) is 11.2. The van der Waals surface area contributed by atoms with Gasteiger partial charge in [0.1, 0.15) is 36.2 Å². The van der Waals surface area contributed by atoms with Gasteiger partial charge in [-0.2, -0.15) is 0 Å². The molecule has 2 fully saturated rings. The summed E-state index contributed by atoms with van der Waals surface area (Å²) in [6.45, 7) is 9.09. The molecule has 1 saturated carbocycles. The van der Waals surface area contributed by atoms with E-state index in [4.69, 9.17) is 30.5 Å². The highest BCUT2D eigenvalue weighted by Crippen LogP contribution is 2.39. The Bertz CT molecular complexity index is 1920. The van der Waals surface area contributed by atoms with Crippen molar-refractivity contribution in [3.8, 4) is 23.0 Å². The first-order valence-corrected chi connectivity index (χ1v) is 19.3. The summed E-state index contributed by atoms with van der Waals surface area (Å²) in [6, 6.07) is 16.9. The number of amides is 2. The van der Waals surface area contributed by atoms with E-state index in [2.05, 4.69) is 5.32 Å². The highest BCUT2D eigenvalue weighted by molar-refractivity contribution is 6.32. The van der Waals surface area contributed by atoms with Crippen LogP contribution in [-0.4, -0.2) is 91.3 Å². The number of benzene rings is 3. The number of piperazine rings is 1. The summed E-state index contributed by atoms with van der Waals surface area (Å²) in [7, 11) is 3.21. The summed E-state index contributed by atoms with van der Waals surface area (Å²) in [5.74, 6) is 1.49. The predicted molar refractivity (Wildman–Crippen MR) is 211 cm³/mol. The summed E-state index contributed by atoms with van der Waals surface area (Å²) < 4.78 is 23.0. The van der Waals surface area contributed by atoms with Gasteiger partial charge in [0.05, 0.1) is 30.7 Å². The van der Waals surface area contributed by atoms with Crippen molar-refractivity contribution in [1.29, 1.82) is 0 Å². The topological polar surface area (TPSA) is 127 Å². The van der Waals surface area contributed by atoms with Gasteiger partial charge in [-0.05, 0) is 118 Å². The Labute approximate surface area is 328 Å². The molecule has 0 radical (unpaired) electrons. The summed E-state index contributed by atoms with van der Waals surface area (Å²) >= 11 is 6.38. The number of fused-ring (bicyclic) bond motifs is 2. The summed E-state index contributed by atoms with van der Waals surface area (Å²) in [6.07, 6.45) is 2.71. The van der Waals surface area contributed by atoms with Gasteiger partial charge in [-0.1, -0.05) is 23.7 Å². The molecule has 0 spiro atoms. The Morgan fingerprint density at radius 2 is 1.56 bits per heavy atom. The van der Waals surface area contributed by atoms with Gasteiger partial charge in [-0.3, -0.25) is 14.4 Å². The average Bonchev–Trinajstić information content (AvgIpc) is 4.01. The fourth-order valence-electron chi connectivity index (χ4n) is 7.25. The highest BCUT2D eigenvalue weighted by Gasteiger charge is 2.43. The van der Waals surface area contributed by atoms with E-state index in [-0.39, 0.29) is 36.7 Å². The number of carboxylic acids is 1. The number of rotatable bonds is 16. The van der Waals surface area contributed by atoms with Crippen molar-refractivity contribution in [2.24, 2.45) is 5.41 Å². The molecule has 2 atom stereocenters. The summed E-state index contributed by atoms with van der Waals surface area (Å²) in [5.41, 5.74) is 4.61. The van der Waals surface area contributed by atoms with Gasteiger partial charge in [-0.25, -0.2) is 0 Å². The Kier molecular flexibility index (Phi) is 12.3. The second-order valence-corrected chi connectivity index (χ2v) is 15.9. The lowest BCUT2D eigenvalue weighted by Gasteiger charge is -2.45. The largest absolute Gasteiger partial charge is 0.497 e. The van der Waals surface area contributed by atoms with Crippen molar-refractivity contribution in [1.82, 2.24) is 15.1 Å². The Hall–Kier alpha value is -4.74. The molecule has 3 aliphatic rings. The van der Waals surface area contributed by atoms with Crippen molar-refractivity contribution in [3.63, 3.8) is 0 Å². The monoisotopic (exact) mass is 773 g/mol. The van der Waals surface area contributed by atoms with Gasteiger partial charge in [0, 0.05) is 49.8 Å². The fourth-order valence-corrected chi connectivity index (χ4v) is 7.52. The molecule has 55 heavy (non-hydrogen) atoms. The molecule has 2 heterocycles. The summed E-state index contributed by atoms with van der Waals surface area (Å²) in [4.78, 5) is 44.0. The minimum absolute atomic E-state index is 0.0703. The maximum Gasteiger partial charge on any atom is 0.309 e. The molecule has 3 aromatic rings. The maximum atomic E-state index is 15.0. The molecule has 294 valence electrons. The molecule has 1 aliphatic carbocycles. The second kappa shape index (κ2) is 17.0. The molecule has 0 unspecified atom stereocenters. The van der Waals surface area contributed by atoms with Crippen LogP contribution in [0.15, 0.2) is 60.2 Å². The van der Waals surface area contributed by atoms with E-state index in [9.17, 15) is 19.5 Å². The molecule has 2 aliphatic heterocycles. The van der Waals surface area contributed by atoms with E-state index in [0.29, 0.717) is 72.9 Å². The number of carbonyl (C=O) groups is 3. The van der Waals surface area contributed by atoms with Crippen LogP contribution in [0.2, 0.25) is 5.02 Å². The van der Waals surface area contributed by atoms with Crippen LogP contribution in [0.4, 0.5) is 0 Å². The molecule has 1 saturated heterocycles.